The zero-order valence-corrected chi connectivity index (χ0v) is 18.1. The quantitative estimate of drug-likeness (QED) is 0.283. The second kappa shape index (κ2) is 8.63. The van der Waals surface area contributed by atoms with E-state index in [1.807, 2.05) is 40.1 Å². The van der Waals surface area contributed by atoms with Gasteiger partial charge in [-0.25, -0.2) is 0 Å². The van der Waals surface area contributed by atoms with E-state index in [1.165, 1.54) is 6.07 Å². The number of rotatable bonds is 4. The van der Waals surface area contributed by atoms with Crippen LogP contribution in [0.5, 0.6) is 0 Å². The second-order valence-corrected chi connectivity index (χ2v) is 7.96. The molecule has 0 N–H and O–H groups in total. The molecule has 1 fully saturated rings. The first-order valence-electron chi connectivity index (χ1n) is 9.27. The molecule has 1 aromatic heterocycles. The molecule has 0 amide bonds. The van der Waals surface area contributed by atoms with Crippen LogP contribution < -0.4 is 4.90 Å². The molecule has 0 spiro atoms. The molecule has 0 saturated carbocycles. The lowest BCUT2D eigenvalue weighted by Crippen LogP contribution is -2.48. The number of benzene rings is 2. The van der Waals surface area contributed by atoms with Gasteiger partial charge < -0.3 is 14.2 Å². The third kappa shape index (κ3) is 4.01. The molecule has 1 saturated heterocycles. The van der Waals surface area contributed by atoms with Crippen LogP contribution in [0.1, 0.15) is 5.76 Å². The first kappa shape index (κ1) is 20.7. The van der Waals surface area contributed by atoms with Crippen LogP contribution in [0.15, 0.2) is 59.0 Å². The summed E-state index contributed by atoms with van der Waals surface area (Å²) >= 11 is 18.0. The van der Waals surface area contributed by atoms with Crippen molar-refractivity contribution in [1.29, 1.82) is 0 Å². The summed E-state index contributed by atoms with van der Waals surface area (Å²) in [7, 11) is 0. The van der Waals surface area contributed by atoms with Crippen molar-refractivity contribution >= 4 is 51.8 Å². The minimum Gasteiger partial charge on any atom is -0.454 e. The summed E-state index contributed by atoms with van der Waals surface area (Å²) in [5.41, 5.74) is 1.45. The lowest BCUT2D eigenvalue weighted by molar-refractivity contribution is -0.384. The summed E-state index contributed by atoms with van der Waals surface area (Å²) in [6.45, 7) is 2.52. The van der Waals surface area contributed by atoms with Gasteiger partial charge in [-0.05, 0) is 30.3 Å². The van der Waals surface area contributed by atoms with Gasteiger partial charge >= 0.3 is 0 Å². The summed E-state index contributed by atoms with van der Waals surface area (Å²) in [4.78, 5) is 15.6. The maximum absolute atomic E-state index is 11.3. The lowest BCUT2D eigenvalue weighted by Gasteiger charge is -2.36. The van der Waals surface area contributed by atoms with Gasteiger partial charge in [-0.3, -0.25) is 10.1 Å². The van der Waals surface area contributed by atoms with Gasteiger partial charge in [0.2, 0.25) is 0 Å². The number of nitro groups is 1. The van der Waals surface area contributed by atoms with Gasteiger partial charge in [-0.2, -0.15) is 0 Å². The van der Waals surface area contributed by atoms with Crippen LogP contribution >= 0.6 is 35.4 Å². The summed E-state index contributed by atoms with van der Waals surface area (Å²) in [6, 6.07) is 15.8. The fraction of sp³-hybridized carbons (Fsp3) is 0.190. The van der Waals surface area contributed by atoms with Crippen LogP contribution in [-0.4, -0.2) is 41.0 Å². The van der Waals surface area contributed by atoms with Crippen LogP contribution in [0.2, 0.25) is 10.0 Å². The highest BCUT2D eigenvalue weighted by atomic mass is 35.5. The fourth-order valence-electron chi connectivity index (χ4n) is 3.48. The fourth-order valence-corrected chi connectivity index (χ4v) is 4.17. The molecular formula is C21H17Cl2N3O3S. The smallest absolute Gasteiger partial charge is 0.292 e. The van der Waals surface area contributed by atoms with E-state index in [-0.39, 0.29) is 10.6 Å². The summed E-state index contributed by atoms with van der Waals surface area (Å²) in [5, 5.41) is 12.2. The summed E-state index contributed by atoms with van der Waals surface area (Å²) in [5.74, 6) is 1.17. The zero-order chi connectivity index (χ0) is 21.3. The van der Waals surface area contributed by atoms with E-state index in [0.717, 1.165) is 0 Å². The van der Waals surface area contributed by atoms with Gasteiger partial charge in [0.25, 0.3) is 5.69 Å². The van der Waals surface area contributed by atoms with E-state index >= 15 is 0 Å². The van der Waals surface area contributed by atoms with Crippen LogP contribution in [-0.2, 0) is 0 Å². The maximum atomic E-state index is 11.3. The number of nitro benzene ring substituents is 1. The van der Waals surface area contributed by atoms with Crippen LogP contribution in [0.3, 0.4) is 0 Å². The molecule has 0 aliphatic carbocycles. The number of thiocarbonyl (C=S) groups is 1. The topological polar surface area (TPSA) is 62.8 Å². The van der Waals surface area contributed by atoms with Crippen LogP contribution in [0.25, 0.3) is 11.3 Å². The van der Waals surface area contributed by atoms with E-state index in [2.05, 4.69) is 0 Å². The van der Waals surface area contributed by atoms with E-state index in [1.54, 1.807) is 18.2 Å². The Morgan fingerprint density at radius 1 is 1.00 bits per heavy atom. The average molecular weight is 462 g/mol. The Morgan fingerprint density at radius 2 is 1.73 bits per heavy atom. The van der Waals surface area contributed by atoms with E-state index in [0.29, 0.717) is 64.0 Å². The van der Waals surface area contributed by atoms with Crippen LogP contribution in [0, 0.1) is 10.1 Å². The molecule has 0 unspecified atom stereocenters. The molecule has 9 heteroatoms. The molecular weight excluding hydrogens is 445 g/mol. The largest absolute Gasteiger partial charge is 0.454 e. The molecule has 0 bridgehead atoms. The number of para-hydroxylation sites is 2. The van der Waals surface area contributed by atoms with Crippen molar-refractivity contribution < 1.29 is 9.34 Å². The molecule has 4 rings (SSSR count). The lowest BCUT2D eigenvalue weighted by atomic mass is 10.2. The monoisotopic (exact) mass is 461 g/mol. The number of anilines is 1. The van der Waals surface area contributed by atoms with E-state index in [4.69, 9.17) is 39.8 Å². The van der Waals surface area contributed by atoms with Crippen molar-refractivity contribution in [1.82, 2.24) is 4.90 Å². The first-order valence-corrected chi connectivity index (χ1v) is 10.4. The van der Waals surface area contributed by atoms with Crippen molar-refractivity contribution in [2.75, 3.05) is 31.1 Å². The Bertz CT molecular complexity index is 1110. The predicted octanol–water partition coefficient (Wildman–Crippen LogP) is 5.66. The van der Waals surface area contributed by atoms with Gasteiger partial charge in [0.05, 0.1) is 15.0 Å². The van der Waals surface area contributed by atoms with Crippen molar-refractivity contribution in [3.63, 3.8) is 0 Å². The Balaban J connectivity index is 1.46. The van der Waals surface area contributed by atoms with Crippen LogP contribution in [0.4, 0.5) is 11.4 Å². The van der Waals surface area contributed by atoms with Crippen molar-refractivity contribution in [3.8, 4) is 11.3 Å². The predicted molar refractivity (Wildman–Crippen MR) is 123 cm³/mol. The zero-order valence-electron chi connectivity index (χ0n) is 15.8. The van der Waals surface area contributed by atoms with Gasteiger partial charge in [0, 0.05) is 37.8 Å². The van der Waals surface area contributed by atoms with Gasteiger partial charge in [0.1, 0.15) is 16.4 Å². The minimum atomic E-state index is -0.350. The van der Waals surface area contributed by atoms with E-state index < -0.39 is 0 Å². The number of piperazine rings is 1. The average Bonchev–Trinajstić information content (AvgIpc) is 3.25. The Morgan fingerprint density at radius 3 is 2.47 bits per heavy atom. The summed E-state index contributed by atoms with van der Waals surface area (Å²) in [6.07, 6.45) is 0. The molecule has 1 aliphatic rings. The number of nitrogens with zero attached hydrogens (tertiary/aromatic N) is 3. The Kier molecular flexibility index (Phi) is 5.94. The summed E-state index contributed by atoms with van der Waals surface area (Å²) < 4.78 is 5.95. The third-order valence-corrected chi connectivity index (χ3v) is 6.30. The number of hydrogen-bond acceptors (Lipinski definition) is 5. The van der Waals surface area contributed by atoms with Gasteiger partial charge in [-0.15, -0.1) is 0 Å². The van der Waals surface area contributed by atoms with Gasteiger partial charge in [0.15, 0.2) is 5.76 Å². The number of furan rings is 1. The second-order valence-electron chi connectivity index (χ2n) is 6.79. The van der Waals surface area contributed by atoms with Gasteiger partial charge in [-0.1, -0.05) is 53.6 Å². The minimum absolute atomic E-state index is 0.114. The molecule has 3 aromatic rings. The van der Waals surface area contributed by atoms with Crippen molar-refractivity contribution in [3.05, 3.63) is 80.5 Å². The normalized spacial score (nSPS) is 14.1. The molecule has 0 radical (unpaired) electrons. The van der Waals surface area contributed by atoms with E-state index in [9.17, 15) is 10.1 Å². The van der Waals surface area contributed by atoms with Crippen molar-refractivity contribution in [2.45, 2.75) is 0 Å². The molecule has 6 nitrogen and oxygen atoms in total. The van der Waals surface area contributed by atoms with Crippen molar-refractivity contribution in [2.24, 2.45) is 0 Å². The first-order chi connectivity index (χ1) is 14.5. The SMILES string of the molecule is O=[N+]([O-])c1ccccc1N1CCN(C(=S)c2ccc(-c3cccc(Cl)c3Cl)o2)CC1. The molecule has 2 aromatic carbocycles. The molecule has 0 atom stereocenters. The molecule has 30 heavy (non-hydrogen) atoms. The molecule has 154 valence electrons. The highest BCUT2D eigenvalue weighted by molar-refractivity contribution is 7.80. The Hall–Kier alpha value is -2.61. The molecule has 1 aliphatic heterocycles. The number of hydrogen-bond donors (Lipinski definition) is 0. The third-order valence-electron chi connectivity index (χ3n) is 5.02. The highest BCUT2D eigenvalue weighted by Crippen LogP contribution is 2.35. The molecule has 2 heterocycles. The highest BCUT2D eigenvalue weighted by Gasteiger charge is 2.25. The standard InChI is InChI=1S/C21H17Cl2N3O3S/c22-15-5-3-4-14(20(15)23)18-8-9-19(29-18)21(30)25-12-10-24(11-13-25)16-6-1-2-7-17(16)26(27)28/h1-9H,10-13H2. The number of halogens is 2. The maximum Gasteiger partial charge on any atom is 0.292 e. The Labute approximate surface area is 188 Å².